The van der Waals surface area contributed by atoms with Crippen LogP contribution in [0.15, 0.2) is 32.8 Å². The number of thiophene rings is 1. The molecule has 5 heteroatoms. The van der Waals surface area contributed by atoms with E-state index in [-0.39, 0.29) is 22.7 Å². The molecular formula is C22H28O4S. The summed E-state index contributed by atoms with van der Waals surface area (Å²) in [6.45, 7) is 3.77. The maximum atomic E-state index is 12.7. The van der Waals surface area contributed by atoms with Gasteiger partial charge in [0, 0.05) is 36.5 Å². The highest BCUT2D eigenvalue weighted by Crippen LogP contribution is 2.54. The Morgan fingerprint density at radius 2 is 2.26 bits per heavy atom. The van der Waals surface area contributed by atoms with Gasteiger partial charge >= 0.3 is 5.63 Å². The Morgan fingerprint density at radius 3 is 2.85 bits per heavy atom. The minimum Gasteiger partial charge on any atom is -0.507 e. The van der Waals surface area contributed by atoms with Crippen LogP contribution in [0.5, 0.6) is 5.75 Å². The first-order valence-corrected chi connectivity index (χ1v) is 11.0. The van der Waals surface area contributed by atoms with Gasteiger partial charge in [-0.3, -0.25) is 0 Å². The highest BCUT2D eigenvalue weighted by atomic mass is 32.1. The normalized spacial score (nSPS) is 22.5. The van der Waals surface area contributed by atoms with Gasteiger partial charge in [0.05, 0.1) is 5.56 Å². The Labute approximate surface area is 164 Å². The van der Waals surface area contributed by atoms with Gasteiger partial charge in [0.15, 0.2) is 0 Å². The van der Waals surface area contributed by atoms with E-state index in [2.05, 4.69) is 0 Å². The third-order valence-corrected chi connectivity index (χ3v) is 7.13. The van der Waals surface area contributed by atoms with Gasteiger partial charge < -0.3 is 14.3 Å². The molecule has 1 saturated carbocycles. The Balaban J connectivity index is 1.52. The average Bonchev–Trinajstić information content (AvgIpc) is 3.17. The van der Waals surface area contributed by atoms with Crippen LogP contribution >= 0.6 is 11.3 Å². The van der Waals surface area contributed by atoms with Gasteiger partial charge in [-0.2, -0.15) is 0 Å². The molecule has 4 rings (SSSR count). The van der Waals surface area contributed by atoms with Crippen LogP contribution < -0.4 is 5.63 Å². The zero-order valence-corrected chi connectivity index (χ0v) is 16.7. The summed E-state index contributed by atoms with van der Waals surface area (Å²) >= 11 is 1.61. The second kappa shape index (κ2) is 7.80. The van der Waals surface area contributed by atoms with Gasteiger partial charge in [0.25, 0.3) is 0 Å². The van der Waals surface area contributed by atoms with E-state index >= 15 is 0 Å². The van der Waals surface area contributed by atoms with Gasteiger partial charge in [0.1, 0.15) is 11.5 Å². The number of hydrogen-bond acceptors (Lipinski definition) is 5. The zero-order valence-electron chi connectivity index (χ0n) is 15.9. The van der Waals surface area contributed by atoms with Crippen LogP contribution in [-0.2, 0) is 11.2 Å². The van der Waals surface area contributed by atoms with E-state index in [9.17, 15) is 9.90 Å². The average molecular weight is 389 g/mol. The van der Waals surface area contributed by atoms with Gasteiger partial charge in [-0.1, -0.05) is 13.0 Å². The SMILES string of the molecule is CCC(c1cccs1)c1c(O)cc(CC2(CC3CCCOC3)CC2)oc1=O. The van der Waals surface area contributed by atoms with Crippen LogP contribution in [0.2, 0.25) is 0 Å². The molecule has 0 amide bonds. The number of rotatable bonds is 7. The van der Waals surface area contributed by atoms with Crippen molar-refractivity contribution in [2.75, 3.05) is 13.2 Å². The summed E-state index contributed by atoms with van der Waals surface area (Å²) in [4.78, 5) is 13.8. The molecule has 0 aromatic carbocycles. The second-order valence-electron chi connectivity index (χ2n) is 8.24. The van der Waals surface area contributed by atoms with Crippen molar-refractivity contribution in [3.63, 3.8) is 0 Å². The predicted molar refractivity (Wildman–Crippen MR) is 107 cm³/mol. The van der Waals surface area contributed by atoms with Crippen molar-refractivity contribution in [3.05, 3.63) is 50.2 Å². The Hall–Kier alpha value is -1.59. The molecule has 0 radical (unpaired) electrons. The third kappa shape index (κ3) is 4.14. The van der Waals surface area contributed by atoms with E-state index in [1.54, 1.807) is 17.4 Å². The molecule has 4 nitrogen and oxygen atoms in total. The summed E-state index contributed by atoms with van der Waals surface area (Å²) in [7, 11) is 0. The van der Waals surface area contributed by atoms with E-state index in [0.29, 0.717) is 17.2 Å². The molecule has 1 saturated heterocycles. The lowest BCUT2D eigenvalue weighted by Gasteiger charge is -2.26. The number of hydrogen-bond donors (Lipinski definition) is 1. The van der Waals surface area contributed by atoms with E-state index in [1.807, 2.05) is 24.4 Å². The van der Waals surface area contributed by atoms with E-state index in [0.717, 1.165) is 43.8 Å². The van der Waals surface area contributed by atoms with Crippen LogP contribution in [0, 0.1) is 11.3 Å². The molecule has 1 aliphatic carbocycles. The molecule has 2 unspecified atom stereocenters. The molecule has 2 fully saturated rings. The smallest absolute Gasteiger partial charge is 0.343 e. The quantitative estimate of drug-likeness (QED) is 0.718. The molecule has 2 aromatic heterocycles. The molecule has 0 spiro atoms. The van der Waals surface area contributed by atoms with Crippen molar-refractivity contribution in [1.29, 1.82) is 0 Å². The van der Waals surface area contributed by atoms with Crippen LogP contribution in [0.3, 0.4) is 0 Å². The third-order valence-electron chi connectivity index (χ3n) is 6.14. The topological polar surface area (TPSA) is 59.7 Å². The minimum atomic E-state index is -0.387. The molecule has 3 heterocycles. The Kier molecular flexibility index (Phi) is 5.42. The first kappa shape index (κ1) is 18.8. The minimum absolute atomic E-state index is 0.0818. The van der Waals surface area contributed by atoms with E-state index < -0.39 is 0 Å². The van der Waals surface area contributed by atoms with Crippen LogP contribution in [0.1, 0.15) is 67.6 Å². The van der Waals surface area contributed by atoms with Gasteiger partial charge in [-0.15, -0.1) is 11.3 Å². The first-order chi connectivity index (χ1) is 13.1. The summed E-state index contributed by atoms with van der Waals surface area (Å²) in [5.74, 6) is 1.21. The molecule has 1 N–H and O–H groups in total. The largest absolute Gasteiger partial charge is 0.507 e. The summed E-state index contributed by atoms with van der Waals surface area (Å²) in [5, 5.41) is 12.6. The maximum absolute atomic E-state index is 12.7. The van der Waals surface area contributed by atoms with Crippen molar-refractivity contribution in [1.82, 2.24) is 0 Å². The number of ether oxygens (including phenoxy) is 1. The molecule has 2 atom stereocenters. The summed E-state index contributed by atoms with van der Waals surface area (Å²) < 4.78 is 11.3. The molecule has 27 heavy (non-hydrogen) atoms. The standard InChI is InChI=1S/C22H28O4S/c1-2-17(19-6-4-10-27-19)20-18(23)11-16(26-21(20)24)13-22(7-8-22)12-15-5-3-9-25-14-15/h4,6,10-11,15,17,23H,2-3,5,7-9,12-14H2,1H3. The Morgan fingerprint density at radius 1 is 1.41 bits per heavy atom. The fourth-order valence-electron chi connectivity index (χ4n) is 4.56. The van der Waals surface area contributed by atoms with Crippen molar-refractivity contribution < 1.29 is 14.3 Å². The van der Waals surface area contributed by atoms with Crippen molar-refractivity contribution in [2.24, 2.45) is 11.3 Å². The first-order valence-electron chi connectivity index (χ1n) is 10.1. The molecular weight excluding hydrogens is 360 g/mol. The fraction of sp³-hybridized carbons (Fsp3) is 0.591. The lowest BCUT2D eigenvalue weighted by Crippen LogP contribution is -2.22. The summed E-state index contributed by atoms with van der Waals surface area (Å²) in [6, 6.07) is 5.67. The highest BCUT2D eigenvalue weighted by molar-refractivity contribution is 7.10. The lowest BCUT2D eigenvalue weighted by molar-refractivity contribution is 0.0426. The fourth-order valence-corrected chi connectivity index (χ4v) is 5.48. The summed E-state index contributed by atoms with van der Waals surface area (Å²) in [6.07, 6.45) is 7.34. The monoisotopic (exact) mass is 388 g/mol. The Bertz CT molecular complexity index is 813. The van der Waals surface area contributed by atoms with Gasteiger partial charge in [0.2, 0.25) is 0 Å². The molecule has 146 valence electrons. The molecule has 2 aliphatic rings. The van der Waals surface area contributed by atoms with Crippen molar-refractivity contribution in [2.45, 2.75) is 57.8 Å². The van der Waals surface area contributed by atoms with Gasteiger partial charge in [-0.05, 0) is 61.3 Å². The zero-order chi connectivity index (χ0) is 18.9. The van der Waals surface area contributed by atoms with E-state index in [4.69, 9.17) is 9.15 Å². The van der Waals surface area contributed by atoms with Crippen molar-refractivity contribution in [3.8, 4) is 5.75 Å². The van der Waals surface area contributed by atoms with Crippen LogP contribution in [-0.4, -0.2) is 18.3 Å². The summed E-state index contributed by atoms with van der Waals surface area (Å²) in [5.41, 5.74) is 0.240. The maximum Gasteiger partial charge on any atom is 0.343 e. The second-order valence-corrected chi connectivity index (χ2v) is 9.22. The molecule has 0 bridgehead atoms. The molecule has 2 aromatic rings. The van der Waals surface area contributed by atoms with E-state index in [1.165, 1.54) is 19.3 Å². The molecule has 1 aliphatic heterocycles. The predicted octanol–water partition coefficient (Wildman–Crippen LogP) is 5.09. The number of aromatic hydroxyl groups is 1. The lowest BCUT2D eigenvalue weighted by atomic mass is 9.85. The van der Waals surface area contributed by atoms with Gasteiger partial charge in [-0.25, -0.2) is 4.79 Å². The van der Waals surface area contributed by atoms with Crippen molar-refractivity contribution >= 4 is 11.3 Å². The van der Waals surface area contributed by atoms with Crippen LogP contribution in [0.4, 0.5) is 0 Å². The highest BCUT2D eigenvalue weighted by Gasteiger charge is 2.45. The van der Waals surface area contributed by atoms with Crippen LogP contribution in [0.25, 0.3) is 0 Å².